The van der Waals surface area contributed by atoms with Crippen molar-refractivity contribution < 1.29 is 4.79 Å². The van der Waals surface area contributed by atoms with Crippen molar-refractivity contribution >= 4 is 45.1 Å². The van der Waals surface area contributed by atoms with E-state index in [-0.39, 0.29) is 5.91 Å². The van der Waals surface area contributed by atoms with Gasteiger partial charge >= 0.3 is 0 Å². The lowest BCUT2D eigenvalue weighted by molar-refractivity contribution is 0.0959. The molecule has 2 aromatic rings. The molecule has 5 heteroatoms. The summed E-state index contributed by atoms with van der Waals surface area (Å²) >= 11 is 7.72. The molecule has 2 fully saturated rings. The van der Waals surface area contributed by atoms with Crippen LogP contribution in [0.4, 0.5) is 0 Å². The molecule has 3 nitrogen and oxygen atoms in total. The SMILES string of the molecule is O=C(NN=CC1CC2CCC1C2)c1sc2ccccc2c1Cl. The molecule has 1 aromatic heterocycles. The first-order chi connectivity index (χ1) is 10.7. The van der Waals surface area contributed by atoms with Gasteiger partial charge in [-0.2, -0.15) is 5.10 Å². The number of amides is 1. The van der Waals surface area contributed by atoms with Crippen LogP contribution in [0.5, 0.6) is 0 Å². The molecule has 3 atom stereocenters. The summed E-state index contributed by atoms with van der Waals surface area (Å²) in [5, 5.41) is 5.63. The van der Waals surface area contributed by atoms with Crippen LogP contribution in [0, 0.1) is 17.8 Å². The third-order valence-corrected chi connectivity index (χ3v) is 6.64. The predicted octanol–water partition coefficient (Wildman–Crippen LogP) is 4.71. The maximum absolute atomic E-state index is 12.3. The number of fused-ring (bicyclic) bond motifs is 3. The Bertz CT molecular complexity index is 754. The third kappa shape index (κ3) is 2.44. The van der Waals surface area contributed by atoms with Crippen molar-refractivity contribution in [1.82, 2.24) is 5.43 Å². The van der Waals surface area contributed by atoms with E-state index < -0.39 is 0 Å². The van der Waals surface area contributed by atoms with Crippen LogP contribution in [0.2, 0.25) is 5.02 Å². The van der Waals surface area contributed by atoms with Gasteiger partial charge in [-0.15, -0.1) is 11.3 Å². The fraction of sp³-hybridized carbons (Fsp3) is 0.412. The summed E-state index contributed by atoms with van der Waals surface area (Å²) in [5.74, 6) is 1.98. The molecule has 2 saturated carbocycles. The average Bonchev–Trinajstić information content (AvgIpc) is 3.22. The Morgan fingerprint density at radius 3 is 2.91 bits per heavy atom. The fourth-order valence-electron chi connectivity index (χ4n) is 3.88. The van der Waals surface area contributed by atoms with E-state index in [1.807, 2.05) is 30.5 Å². The Morgan fingerprint density at radius 2 is 2.18 bits per heavy atom. The van der Waals surface area contributed by atoms with Gasteiger partial charge in [0.25, 0.3) is 5.91 Å². The number of carbonyl (C=O) groups excluding carboxylic acids is 1. The summed E-state index contributed by atoms with van der Waals surface area (Å²) in [6, 6.07) is 7.78. The molecule has 2 aliphatic rings. The second-order valence-electron chi connectivity index (χ2n) is 6.30. The van der Waals surface area contributed by atoms with Crippen LogP contribution in [0.25, 0.3) is 10.1 Å². The number of thiophene rings is 1. The van der Waals surface area contributed by atoms with E-state index in [0.717, 1.165) is 21.9 Å². The van der Waals surface area contributed by atoms with Crippen molar-refractivity contribution in [2.45, 2.75) is 25.7 Å². The van der Waals surface area contributed by atoms with Crippen LogP contribution in [-0.2, 0) is 0 Å². The van der Waals surface area contributed by atoms with Gasteiger partial charge in [-0.05, 0) is 43.1 Å². The fourth-order valence-corrected chi connectivity index (χ4v) is 5.29. The molecule has 2 aliphatic carbocycles. The summed E-state index contributed by atoms with van der Waals surface area (Å²) in [6.07, 6.45) is 7.19. The predicted molar refractivity (Wildman–Crippen MR) is 91.7 cm³/mol. The highest BCUT2D eigenvalue weighted by Gasteiger charge is 2.38. The Labute approximate surface area is 138 Å². The molecule has 0 radical (unpaired) electrons. The Hall–Kier alpha value is -1.39. The van der Waals surface area contributed by atoms with E-state index in [2.05, 4.69) is 10.5 Å². The average molecular weight is 333 g/mol. The maximum Gasteiger partial charge on any atom is 0.282 e. The molecular weight excluding hydrogens is 316 g/mol. The third-order valence-electron chi connectivity index (χ3n) is 4.97. The van der Waals surface area contributed by atoms with Crippen LogP contribution < -0.4 is 5.43 Å². The molecule has 1 N–H and O–H groups in total. The van der Waals surface area contributed by atoms with E-state index in [9.17, 15) is 4.79 Å². The van der Waals surface area contributed by atoms with Gasteiger partial charge in [0.05, 0.1) is 5.02 Å². The summed E-state index contributed by atoms with van der Waals surface area (Å²) < 4.78 is 1.02. The number of nitrogens with zero attached hydrogens (tertiary/aromatic N) is 1. The van der Waals surface area contributed by atoms with Crippen LogP contribution in [-0.4, -0.2) is 12.1 Å². The van der Waals surface area contributed by atoms with Gasteiger partial charge in [-0.1, -0.05) is 36.2 Å². The molecule has 114 valence electrons. The second kappa shape index (κ2) is 5.67. The highest BCUT2D eigenvalue weighted by Crippen LogP contribution is 2.47. The lowest BCUT2D eigenvalue weighted by atomic mass is 9.90. The number of hydrazone groups is 1. The topological polar surface area (TPSA) is 41.5 Å². The first kappa shape index (κ1) is 14.2. The largest absolute Gasteiger partial charge is 0.282 e. The van der Waals surface area contributed by atoms with Crippen molar-refractivity contribution in [2.75, 3.05) is 0 Å². The van der Waals surface area contributed by atoms with E-state index in [1.54, 1.807) is 0 Å². The van der Waals surface area contributed by atoms with Crippen molar-refractivity contribution in [1.29, 1.82) is 0 Å². The van der Waals surface area contributed by atoms with Crippen molar-refractivity contribution in [2.24, 2.45) is 22.9 Å². The van der Waals surface area contributed by atoms with Crippen LogP contribution in [0.3, 0.4) is 0 Å². The van der Waals surface area contributed by atoms with Crippen molar-refractivity contribution in [3.05, 3.63) is 34.2 Å². The normalized spacial score (nSPS) is 27.0. The van der Waals surface area contributed by atoms with Gasteiger partial charge in [-0.3, -0.25) is 4.79 Å². The number of carbonyl (C=O) groups is 1. The molecular formula is C17H17ClN2OS. The van der Waals surface area contributed by atoms with Gasteiger partial charge in [-0.25, -0.2) is 5.43 Å². The minimum Gasteiger partial charge on any atom is -0.266 e. The molecule has 0 aliphatic heterocycles. The molecule has 1 amide bonds. The van der Waals surface area contributed by atoms with Gasteiger partial charge in [0.1, 0.15) is 4.88 Å². The summed E-state index contributed by atoms with van der Waals surface area (Å²) in [4.78, 5) is 12.8. The van der Waals surface area contributed by atoms with Gasteiger partial charge in [0, 0.05) is 16.3 Å². The number of halogens is 1. The van der Waals surface area contributed by atoms with E-state index >= 15 is 0 Å². The summed E-state index contributed by atoms with van der Waals surface area (Å²) in [5.41, 5.74) is 2.64. The molecule has 1 heterocycles. The van der Waals surface area contributed by atoms with Gasteiger partial charge < -0.3 is 0 Å². The number of hydrogen-bond donors (Lipinski definition) is 1. The highest BCUT2D eigenvalue weighted by atomic mass is 35.5. The molecule has 3 unspecified atom stereocenters. The Morgan fingerprint density at radius 1 is 1.32 bits per heavy atom. The lowest BCUT2D eigenvalue weighted by Crippen LogP contribution is -2.19. The number of rotatable bonds is 3. The Balaban J connectivity index is 1.46. The molecule has 4 rings (SSSR count). The second-order valence-corrected chi connectivity index (χ2v) is 7.73. The van der Waals surface area contributed by atoms with E-state index in [0.29, 0.717) is 15.8 Å². The monoisotopic (exact) mass is 332 g/mol. The maximum atomic E-state index is 12.3. The number of benzene rings is 1. The molecule has 0 spiro atoms. The van der Waals surface area contributed by atoms with Crippen molar-refractivity contribution in [3.8, 4) is 0 Å². The zero-order valence-corrected chi connectivity index (χ0v) is 13.7. The minimum atomic E-state index is -0.217. The molecule has 22 heavy (non-hydrogen) atoms. The Kier molecular flexibility index (Phi) is 3.66. The number of nitrogens with one attached hydrogen (secondary N) is 1. The highest BCUT2D eigenvalue weighted by molar-refractivity contribution is 7.21. The molecule has 1 aromatic carbocycles. The first-order valence-electron chi connectivity index (χ1n) is 7.73. The minimum absolute atomic E-state index is 0.217. The lowest BCUT2D eigenvalue weighted by Gasteiger charge is -2.16. The molecule has 2 bridgehead atoms. The first-order valence-corrected chi connectivity index (χ1v) is 8.92. The zero-order chi connectivity index (χ0) is 15.1. The zero-order valence-electron chi connectivity index (χ0n) is 12.1. The van der Waals surface area contributed by atoms with Crippen LogP contribution in [0.1, 0.15) is 35.4 Å². The smallest absolute Gasteiger partial charge is 0.266 e. The van der Waals surface area contributed by atoms with Gasteiger partial charge in [0.2, 0.25) is 0 Å². The summed E-state index contributed by atoms with van der Waals surface area (Å²) in [7, 11) is 0. The van der Waals surface area contributed by atoms with E-state index in [4.69, 9.17) is 11.6 Å². The van der Waals surface area contributed by atoms with Crippen molar-refractivity contribution in [3.63, 3.8) is 0 Å². The van der Waals surface area contributed by atoms with Crippen LogP contribution in [0.15, 0.2) is 29.4 Å². The quantitative estimate of drug-likeness (QED) is 0.642. The molecule has 0 saturated heterocycles. The van der Waals surface area contributed by atoms with Gasteiger partial charge in [0.15, 0.2) is 0 Å². The van der Waals surface area contributed by atoms with Crippen LogP contribution >= 0.6 is 22.9 Å². The summed E-state index contributed by atoms with van der Waals surface area (Å²) in [6.45, 7) is 0. The number of hydrogen-bond acceptors (Lipinski definition) is 3. The van der Waals surface area contributed by atoms with E-state index in [1.165, 1.54) is 37.0 Å². The standard InChI is InChI=1S/C17H17ClN2OS/c18-15-13-3-1-2-4-14(13)22-16(15)17(21)20-19-9-12-8-10-5-6-11(12)7-10/h1-4,9-12H,5-8H2,(H,20,21).